The van der Waals surface area contributed by atoms with Crippen LogP contribution in [0.25, 0.3) is 0 Å². The Kier molecular flexibility index (Phi) is 5.38. The minimum absolute atomic E-state index is 0.285. The molecule has 0 radical (unpaired) electrons. The standard InChI is InChI=1S/C14H13BrClN3O/c15-12-4-2-1-3-10(12)7-8-17-14(20)19-13-6-5-11(16)9-18-13/h1-6,9H,7-8H2,(H2,17,18,19,20). The smallest absolute Gasteiger partial charge is 0.320 e. The molecule has 0 unspecified atom stereocenters. The van der Waals surface area contributed by atoms with Crippen molar-refractivity contribution in [3.8, 4) is 0 Å². The maximum absolute atomic E-state index is 11.7. The minimum atomic E-state index is -0.285. The van der Waals surface area contributed by atoms with Gasteiger partial charge in [-0.15, -0.1) is 0 Å². The molecule has 6 heteroatoms. The zero-order valence-corrected chi connectivity index (χ0v) is 12.9. The molecule has 2 N–H and O–H groups in total. The van der Waals surface area contributed by atoms with Crippen LogP contribution in [-0.2, 0) is 6.42 Å². The average Bonchev–Trinajstić information content (AvgIpc) is 2.43. The first-order valence-electron chi connectivity index (χ1n) is 6.05. The van der Waals surface area contributed by atoms with Crippen molar-refractivity contribution >= 4 is 39.4 Å². The molecular formula is C14H13BrClN3O. The van der Waals surface area contributed by atoms with E-state index in [0.717, 1.165) is 16.5 Å². The second-order valence-corrected chi connectivity index (χ2v) is 5.37. The van der Waals surface area contributed by atoms with Gasteiger partial charge >= 0.3 is 6.03 Å². The number of hydrogen-bond donors (Lipinski definition) is 2. The van der Waals surface area contributed by atoms with Gasteiger partial charge in [-0.05, 0) is 30.2 Å². The molecule has 0 aliphatic carbocycles. The van der Waals surface area contributed by atoms with Crippen LogP contribution in [0.15, 0.2) is 47.1 Å². The second-order valence-electron chi connectivity index (χ2n) is 4.08. The summed E-state index contributed by atoms with van der Waals surface area (Å²) < 4.78 is 1.04. The first-order valence-corrected chi connectivity index (χ1v) is 7.22. The highest BCUT2D eigenvalue weighted by atomic mass is 79.9. The van der Waals surface area contributed by atoms with E-state index in [1.54, 1.807) is 12.1 Å². The number of carbonyl (C=O) groups is 1. The van der Waals surface area contributed by atoms with E-state index in [2.05, 4.69) is 31.5 Å². The van der Waals surface area contributed by atoms with Crippen LogP contribution >= 0.6 is 27.5 Å². The highest BCUT2D eigenvalue weighted by Gasteiger charge is 2.03. The third kappa shape index (κ3) is 4.51. The summed E-state index contributed by atoms with van der Waals surface area (Å²) in [6, 6.07) is 11.0. The van der Waals surface area contributed by atoms with Crippen molar-refractivity contribution in [1.82, 2.24) is 10.3 Å². The van der Waals surface area contributed by atoms with Gasteiger partial charge in [0.25, 0.3) is 0 Å². The van der Waals surface area contributed by atoms with Crippen LogP contribution in [0, 0.1) is 0 Å². The Labute approximate surface area is 130 Å². The third-order valence-corrected chi connectivity index (χ3v) is 3.60. The Balaban J connectivity index is 1.78. The van der Waals surface area contributed by atoms with E-state index in [1.807, 2.05) is 24.3 Å². The number of anilines is 1. The van der Waals surface area contributed by atoms with Gasteiger partial charge in [-0.25, -0.2) is 9.78 Å². The number of carbonyl (C=O) groups excluding carboxylic acids is 1. The highest BCUT2D eigenvalue weighted by molar-refractivity contribution is 9.10. The second kappa shape index (κ2) is 7.26. The van der Waals surface area contributed by atoms with Crippen LogP contribution in [0.5, 0.6) is 0 Å². The number of nitrogens with one attached hydrogen (secondary N) is 2. The molecule has 0 fully saturated rings. The number of aromatic nitrogens is 1. The van der Waals surface area contributed by atoms with Crippen LogP contribution in [-0.4, -0.2) is 17.6 Å². The summed E-state index contributed by atoms with van der Waals surface area (Å²) in [5.74, 6) is 0.466. The predicted octanol–water partition coefficient (Wildman–Crippen LogP) is 3.86. The summed E-state index contributed by atoms with van der Waals surface area (Å²) >= 11 is 9.19. The molecule has 2 amide bonds. The van der Waals surface area contributed by atoms with E-state index in [1.165, 1.54) is 6.20 Å². The number of pyridine rings is 1. The van der Waals surface area contributed by atoms with Gasteiger partial charge in [-0.3, -0.25) is 5.32 Å². The van der Waals surface area contributed by atoms with Crippen molar-refractivity contribution in [3.63, 3.8) is 0 Å². The fourth-order valence-corrected chi connectivity index (χ4v) is 2.22. The fraction of sp³-hybridized carbons (Fsp3) is 0.143. The van der Waals surface area contributed by atoms with Gasteiger partial charge in [-0.1, -0.05) is 45.7 Å². The van der Waals surface area contributed by atoms with E-state index in [-0.39, 0.29) is 6.03 Å². The van der Waals surface area contributed by atoms with Gasteiger partial charge in [0.1, 0.15) is 5.82 Å². The number of urea groups is 1. The quantitative estimate of drug-likeness (QED) is 0.876. The van der Waals surface area contributed by atoms with Gasteiger partial charge < -0.3 is 5.32 Å². The molecule has 104 valence electrons. The molecule has 0 saturated carbocycles. The summed E-state index contributed by atoms with van der Waals surface area (Å²) in [6.45, 7) is 0.544. The van der Waals surface area contributed by atoms with E-state index in [0.29, 0.717) is 17.4 Å². The summed E-state index contributed by atoms with van der Waals surface area (Å²) in [5, 5.41) is 5.95. The molecule has 2 aromatic rings. The topological polar surface area (TPSA) is 54.0 Å². The van der Waals surface area contributed by atoms with Crippen molar-refractivity contribution < 1.29 is 4.79 Å². The largest absolute Gasteiger partial charge is 0.337 e. The van der Waals surface area contributed by atoms with Crippen molar-refractivity contribution in [1.29, 1.82) is 0 Å². The van der Waals surface area contributed by atoms with Crippen LogP contribution in [0.4, 0.5) is 10.6 Å². The molecular weight excluding hydrogens is 342 g/mol. The van der Waals surface area contributed by atoms with Crippen molar-refractivity contribution in [3.05, 3.63) is 57.7 Å². The zero-order chi connectivity index (χ0) is 14.4. The third-order valence-electron chi connectivity index (χ3n) is 2.61. The lowest BCUT2D eigenvalue weighted by molar-refractivity contribution is 0.252. The maximum atomic E-state index is 11.7. The fourth-order valence-electron chi connectivity index (χ4n) is 1.62. The molecule has 0 spiro atoms. The molecule has 0 aliphatic rings. The first kappa shape index (κ1) is 14.8. The summed E-state index contributed by atoms with van der Waals surface area (Å²) in [6.07, 6.45) is 2.24. The molecule has 1 aromatic carbocycles. The number of hydrogen-bond acceptors (Lipinski definition) is 2. The molecule has 20 heavy (non-hydrogen) atoms. The van der Waals surface area contributed by atoms with Crippen LogP contribution in [0.2, 0.25) is 5.02 Å². The SMILES string of the molecule is O=C(NCCc1ccccc1Br)Nc1ccc(Cl)cn1. The van der Waals surface area contributed by atoms with Gasteiger partial charge in [0.2, 0.25) is 0 Å². The van der Waals surface area contributed by atoms with E-state index in [4.69, 9.17) is 11.6 Å². The van der Waals surface area contributed by atoms with Crippen molar-refractivity contribution in [2.24, 2.45) is 0 Å². The molecule has 2 rings (SSSR count). The maximum Gasteiger partial charge on any atom is 0.320 e. The lowest BCUT2D eigenvalue weighted by Crippen LogP contribution is -2.30. The number of amides is 2. The number of benzene rings is 1. The Morgan fingerprint density at radius 3 is 2.75 bits per heavy atom. The van der Waals surface area contributed by atoms with Gasteiger partial charge in [0.05, 0.1) is 5.02 Å². The molecule has 0 saturated heterocycles. The van der Waals surface area contributed by atoms with Gasteiger partial charge in [0.15, 0.2) is 0 Å². The van der Waals surface area contributed by atoms with Gasteiger partial charge in [0, 0.05) is 17.2 Å². The predicted molar refractivity (Wildman–Crippen MR) is 84.1 cm³/mol. The summed E-state index contributed by atoms with van der Waals surface area (Å²) in [7, 11) is 0. The summed E-state index contributed by atoms with van der Waals surface area (Å²) in [4.78, 5) is 15.7. The van der Waals surface area contributed by atoms with E-state index >= 15 is 0 Å². The average molecular weight is 355 g/mol. The number of nitrogens with zero attached hydrogens (tertiary/aromatic N) is 1. The number of halogens is 2. The molecule has 4 nitrogen and oxygen atoms in total. The van der Waals surface area contributed by atoms with Crippen molar-refractivity contribution in [2.45, 2.75) is 6.42 Å². The molecule has 1 aromatic heterocycles. The Hall–Kier alpha value is -1.59. The van der Waals surface area contributed by atoms with Gasteiger partial charge in [-0.2, -0.15) is 0 Å². The first-order chi connectivity index (χ1) is 9.65. The number of rotatable bonds is 4. The summed E-state index contributed by atoms with van der Waals surface area (Å²) in [5.41, 5.74) is 1.15. The van der Waals surface area contributed by atoms with E-state index < -0.39 is 0 Å². The van der Waals surface area contributed by atoms with Crippen molar-refractivity contribution in [2.75, 3.05) is 11.9 Å². The lowest BCUT2D eigenvalue weighted by atomic mass is 10.1. The normalized spacial score (nSPS) is 10.1. The Morgan fingerprint density at radius 2 is 2.05 bits per heavy atom. The monoisotopic (exact) mass is 353 g/mol. The lowest BCUT2D eigenvalue weighted by Gasteiger charge is -2.08. The minimum Gasteiger partial charge on any atom is -0.337 e. The molecule has 0 atom stereocenters. The van der Waals surface area contributed by atoms with E-state index in [9.17, 15) is 4.79 Å². The molecule has 0 bridgehead atoms. The van der Waals surface area contributed by atoms with Crippen LogP contribution in [0.1, 0.15) is 5.56 Å². The van der Waals surface area contributed by atoms with Crippen LogP contribution in [0.3, 0.4) is 0 Å². The van der Waals surface area contributed by atoms with Crippen LogP contribution < -0.4 is 10.6 Å². The molecule has 0 aliphatic heterocycles. The Morgan fingerprint density at radius 1 is 1.25 bits per heavy atom. The molecule has 1 heterocycles. The highest BCUT2D eigenvalue weighted by Crippen LogP contribution is 2.15. The zero-order valence-electron chi connectivity index (χ0n) is 10.6. The Bertz CT molecular complexity index is 589.